The van der Waals surface area contributed by atoms with Crippen molar-refractivity contribution in [2.75, 3.05) is 7.11 Å². The summed E-state index contributed by atoms with van der Waals surface area (Å²) in [6.07, 6.45) is 0. The van der Waals surface area contributed by atoms with Crippen molar-refractivity contribution in [1.29, 1.82) is 0 Å². The van der Waals surface area contributed by atoms with E-state index in [0.717, 1.165) is 5.75 Å². The Morgan fingerprint density at radius 3 is 2.65 bits per heavy atom. The molecule has 4 heteroatoms. The predicted octanol–water partition coefficient (Wildman–Crippen LogP) is 5.15. The standard InChI is InChI=1S/C13H12BrIOS/c1-8-5-10(16-2)3-4-11(8)13(14)9-6-12(15)17-7-9/h3-7,13H,1-2H3. The smallest absolute Gasteiger partial charge is 0.119 e. The van der Waals surface area contributed by atoms with Crippen LogP contribution in [-0.4, -0.2) is 7.11 Å². The van der Waals surface area contributed by atoms with Crippen molar-refractivity contribution in [2.24, 2.45) is 0 Å². The van der Waals surface area contributed by atoms with E-state index in [9.17, 15) is 0 Å². The maximum Gasteiger partial charge on any atom is 0.119 e. The normalized spacial score (nSPS) is 12.5. The van der Waals surface area contributed by atoms with Gasteiger partial charge in [0, 0.05) is 0 Å². The largest absolute Gasteiger partial charge is 0.497 e. The number of hydrogen-bond donors (Lipinski definition) is 0. The molecular weight excluding hydrogens is 411 g/mol. The molecule has 90 valence electrons. The van der Waals surface area contributed by atoms with E-state index in [0.29, 0.717) is 0 Å². The van der Waals surface area contributed by atoms with E-state index in [1.54, 1.807) is 18.4 Å². The summed E-state index contributed by atoms with van der Waals surface area (Å²) >= 11 is 7.89. The van der Waals surface area contributed by atoms with Gasteiger partial charge in [-0.3, -0.25) is 0 Å². The summed E-state index contributed by atoms with van der Waals surface area (Å²) in [5, 5.41) is 2.20. The summed E-state index contributed by atoms with van der Waals surface area (Å²) in [5.41, 5.74) is 3.85. The Morgan fingerprint density at radius 1 is 1.35 bits per heavy atom. The fourth-order valence-electron chi connectivity index (χ4n) is 1.70. The summed E-state index contributed by atoms with van der Waals surface area (Å²) in [5.74, 6) is 0.908. The van der Waals surface area contributed by atoms with Crippen LogP contribution in [0.15, 0.2) is 29.6 Å². The minimum Gasteiger partial charge on any atom is -0.497 e. The maximum atomic E-state index is 5.23. The molecule has 0 N–H and O–H groups in total. The quantitative estimate of drug-likeness (QED) is 0.490. The monoisotopic (exact) mass is 422 g/mol. The number of ether oxygens (including phenoxy) is 1. The third-order valence-corrected chi connectivity index (χ3v) is 5.46. The molecule has 0 aliphatic heterocycles. The van der Waals surface area contributed by atoms with Gasteiger partial charge in [0.05, 0.1) is 14.8 Å². The summed E-state index contributed by atoms with van der Waals surface area (Å²) in [6.45, 7) is 2.11. The molecule has 17 heavy (non-hydrogen) atoms. The summed E-state index contributed by atoms with van der Waals surface area (Å²) in [6, 6.07) is 8.42. The van der Waals surface area contributed by atoms with Crippen LogP contribution < -0.4 is 4.74 Å². The van der Waals surface area contributed by atoms with E-state index in [1.165, 1.54) is 19.6 Å². The van der Waals surface area contributed by atoms with E-state index in [4.69, 9.17) is 4.74 Å². The number of hydrogen-bond acceptors (Lipinski definition) is 2. The predicted molar refractivity (Wildman–Crippen MR) is 85.5 cm³/mol. The molecule has 1 nitrogen and oxygen atoms in total. The van der Waals surface area contributed by atoms with Gasteiger partial charge in [0.1, 0.15) is 5.75 Å². The summed E-state index contributed by atoms with van der Waals surface area (Å²) in [4.78, 5) is 0.258. The molecule has 1 unspecified atom stereocenters. The van der Waals surface area contributed by atoms with Crippen molar-refractivity contribution in [2.45, 2.75) is 11.8 Å². The average Bonchev–Trinajstić information content (AvgIpc) is 2.75. The Bertz CT molecular complexity index is 524. The maximum absolute atomic E-state index is 5.23. The Morgan fingerprint density at radius 2 is 2.12 bits per heavy atom. The van der Waals surface area contributed by atoms with Crippen molar-refractivity contribution in [3.63, 3.8) is 0 Å². The van der Waals surface area contributed by atoms with Crippen LogP contribution in [0.4, 0.5) is 0 Å². The van der Waals surface area contributed by atoms with Crippen LogP contribution in [0.1, 0.15) is 21.5 Å². The van der Waals surface area contributed by atoms with E-state index >= 15 is 0 Å². The average molecular weight is 423 g/mol. The number of aryl methyl sites for hydroxylation is 1. The lowest BCUT2D eigenvalue weighted by Gasteiger charge is -2.13. The summed E-state index contributed by atoms with van der Waals surface area (Å²) < 4.78 is 6.54. The molecule has 1 heterocycles. The first-order valence-corrected chi connectivity index (χ1v) is 8.01. The zero-order chi connectivity index (χ0) is 12.4. The molecule has 1 aromatic carbocycles. The SMILES string of the molecule is COc1ccc(C(Br)c2csc(I)c2)c(C)c1. The number of halogens is 2. The lowest BCUT2D eigenvalue weighted by Crippen LogP contribution is -1.95. The second kappa shape index (κ2) is 5.71. The second-order valence-corrected chi connectivity index (χ2v) is 7.49. The number of methoxy groups -OCH3 is 1. The van der Waals surface area contributed by atoms with Crippen LogP contribution in [0.25, 0.3) is 0 Å². The Labute approximate surface area is 127 Å². The molecule has 2 rings (SSSR count). The lowest BCUT2D eigenvalue weighted by atomic mass is 10.0. The van der Waals surface area contributed by atoms with Crippen LogP contribution in [0.3, 0.4) is 0 Å². The molecule has 0 amide bonds. The van der Waals surface area contributed by atoms with Crippen molar-refractivity contribution in [1.82, 2.24) is 0 Å². The summed E-state index contributed by atoms with van der Waals surface area (Å²) in [7, 11) is 1.70. The third-order valence-electron chi connectivity index (χ3n) is 2.63. The number of alkyl halides is 1. The molecule has 0 saturated carbocycles. The van der Waals surface area contributed by atoms with Gasteiger partial charge in [0.2, 0.25) is 0 Å². The van der Waals surface area contributed by atoms with Gasteiger partial charge in [-0.25, -0.2) is 0 Å². The van der Waals surface area contributed by atoms with Crippen molar-refractivity contribution < 1.29 is 4.74 Å². The minimum atomic E-state index is 0.258. The van der Waals surface area contributed by atoms with Gasteiger partial charge in [-0.15, -0.1) is 11.3 Å². The molecule has 0 radical (unpaired) electrons. The highest BCUT2D eigenvalue weighted by Crippen LogP contribution is 2.36. The van der Waals surface area contributed by atoms with Crippen LogP contribution in [0.2, 0.25) is 0 Å². The lowest BCUT2D eigenvalue weighted by molar-refractivity contribution is 0.414. The second-order valence-electron chi connectivity index (χ2n) is 3.77. The van der Waals surface area contributed by atoms with E-state index < -0.39 is 0 Å². The van der Waals surface area contributed by atoms with Crippen LogP contribution in [0, 0.1) is 9.81 Å². The van der Waals surface area contributed by atoms with E-state index in [1.807, 2.05) is 6.07 Å². The third kappa shape index (κ3) is 3.03. The van der Waals surface area contributed by atoms with Gasteiger partial charge < -0.3 is 4.74 Å². The molecule has 0 bridgehead atoms. The Kier molecular flexibility index (Phi) is 4.49. The molecular formula is C13H12BrIOS. The fraction of sp³-hybridized carbons (Fsp3) is 0.231. The number of benzene rings is 1. The number of thiophene rings is 1. The van der Waals surface area contributed by atoms with Gasteiger partial charge in [-0.2, -0.15) is 0 Å². The first-order valence-electron chi connectivity index (χ1n) is 5.14. The highest BCUT2D eigenvalue weighted by atomic mass is 127. The first-order chi connectivity index (χ1) is 8.11. The fourth-order valence-corrected chi connectivity index (χ4v) is 4.05. The minimum absolute atomic E-state index is 0.258. The van der Waals surface area contributed by atoms with Crippen LogP contribution >= 0.6 is 49.9 Å². The van der Waals surface area contributed by atoms with Crippen molar-refractivity contribution in [3.05, 3.63) is 49.2 Å². The zero-order valence-electron chi connectivity index (χ0n) is 9.54. The molecule has 0 aliphatic carbocycles. The van der Waals surface area contributed by atoms with Crippen molar-refractivity contribution in [3.8, 4) is 5.75 Å². The van der Waals surface area contributed by atoms with Gasteiger partial charge in [0.25, 0.3) is 0 Å². The highest BCUT2D eigenvalue weighted by molar-refractivity contribution is 14.1. The molecule has 1 aromatic heterocycles. The molecule has 0 aliphatic rings. The molecule has 0 fully saturated rings. The molecule has 1 atom stereocenters. The topological polar surface area (TPSA) is 9.23 Å². The first kappa shape index (κ1) is 13.4. The highest BCUT2D eigenvalue weighted by Gasteiger charge is 2.14. The van der Waals surface area contributed by atoms with E-state index in [-0.39, 0.29) is 4.83 Å². The van der Waals surface area contributed by atoms with Crippen LogP contribution in [0.5, 0.6) is 5.75 Å². The Balaban J connectivity index is 2.34. The van der Waals surface area contributed by atoms with Gasteiger partial charge in [-0.1, -0.05) is 22.0 Å². The zero-order valence-corrected chi connectivity index (χ0v) is 14.1. The van der Waals surface area contributed by atoms with E-state index in [2.05, 4.69) is 69.0 Å². The number of rotatable bonds is 3. The van der Waals surface area contributed by atoms with Crippen LogP contribution in [-0.2, 0) is 0 Å². The van der Waals surface area contributed by atoms with Crippen molar-refractivity contribution >= 4 is 49.9 Å². The Hall–Kier alpha value is -0.0700. The molecule has 0 saturated heterocycles. The molecule has 2 aromatic rings. The molecule has 0 spiro atoms. The van der Waals surface area contributed by atoms with Gasteiger partial charge in [0.15, 0.2) is 0 Å². The van der Waals surface area contributed by atoms with Gasteiger partial charge >= 0.3 is 0 Å². The van der Waals surface area contributed by atoms with Gasteiger partial charge in [-0.05, 0) is 69.8 Å².